The largest absolute Gasteiger partial charge is 0.496 e. The van der Waals surface area contributed by atoms with E-state index in [1.807, 2.05) is 18.2 Å². The Morgan fingerprint density at radius 3 is 2.69 bits per heavy atom. The van der Waals surface area contributed by atoms with Crippen molar-refractivity contribution in [3.63, 3.8) is 0 Å². The number of aromatic nitrogens is 1. The van der Waals surface area contributed by atoms with Crippen LogP contribution in [0.5, 0.6) is 5.75 Å². The molecule has 3 aromatic rings. The van der Waals surface area contributed by atoms with Gasteiger partial charge in [0.05, 0.1) is 12.6 Å². The fourth-order valence-electron chi connectivity index (χ4n) is 3.71. The number of methoxy groups -OCH3 is 1. The number of benzene rings is 2. The standard InChI is InChI=1S/C22H25N3O/c1-16-13-21(25-11-5-6-12-25)19-10-9-18(14-20(19)24-16)23-15-17-7-3-4-8-22(17)26-2/h3-4,7-10,13-14,23H,5-6,11-12,15H2,1-2H3. The molecule has 1 saturated heterocycles. The molecule has 1 aliphatic rings. The topological polar surface area (TPSA) is 37.4 Å². The third-order valence-electron chi connectivity index (χ3n) is 5.04. The van der Waals surface area contributed by atoms with Gasteiger partial charge in [0.25, 0.3) is 0 Å². The van der Waals surface area contributed by atoms with Crippen LogP contribution in [0, 0.1) is 6.92 Å². The van der Waals surface area contributed by atoms with Crippen LogP contribution in [0.1, 0.15) is 24.1 Å². The molecule has 0 unspecified atom stereocenters. The van der Waals surface area contributed by atoms with Crippen molar-refractivity contribution in [2.75, 3.05) is 30.4 Å². The lowest BCUT2D eigenvalue weighted by Gasteiger charge is -2.20. The summed E-state index contributed by atoms with van der Waals surface area (Å²) in [6.07, 6.45) is 2.56. The van der Waals surface area contributed by atoms with Gasteiger partial charge in [0.15, 0.2) is 0 Å². The van der Waals surface area contributed by atoms with E-state index < -0.39 is 0 Å². The van der Waals surface area contributed by atoms with E-state index in [-0.39, 0.29) is 0 Å². The van der Waals surface area contributed by atoms with Gasteiger partial charge < -0.3 is 15.0 Å². The molecule has 0 aliphatic carbocycles. The van der Waals surface area contributed by atoms with E-state index in [1.165, 1.54) is 23.9 Å². The number of rotatable bonds is 5. The van der Waals surface area contributed by atoms with E-state index in [4.69, 9.17) is 9.72 Å². The molecule has 4 nitrogen and oxygen atoms in total. The van der Waals surface area contributed by atoms with Gasteiger partial charge in [-0.25, -0.2) is 0 Å². The molecule has 2 aromatic carbocycles. The quantitative estimate of drug-likeness (QED) is 0.722. The van der Waals surface area contributed by atoms with Gasteiger partial charge in [0, 0.05) is 47.7 Å². The SMILES string of the molecule is COc1ccccc1CNc1ccc2c(N3CCCC3)cc(C)nc2c1. The summed E-state index contributed by atoms with van der Waals surface area (Å²) in [5.74, 6) is 0.908. The first-order chi connectivity index (χ1) is 12.7. The monoisotopic (exact) mass is 347 g/mol. The summed E-state index contributed by atoms with van der Waals surface area (Å²) in [6, 6.07) is 16.8. The first-order valence-electron chi connectivity index (χ1n) is 9.27. The van der Waals surface area contributed by atoms with Gasteiger partial charge in [-0.1, -0.05) is 18.2 Å². The van der Waals surface area contributed by atoms with Gasteiger partial charge in [-0.2, -0.15) is 0 Å². The maximum absolute atomic E-state index is 5.43. The summed E-state index contributed by atoms with van der Waals surface area (Å²) < 4.78 is 5.43. The normalized spacial score (nSPS) is 14.0. The number of nitrogens with one attached hydrogen (secondary N) is 1. The highest BCUT2D eigenvalue weighted by Crippen LogP contribution is 2.31. The van der Waals surface area contributed by atoms with E-state index in [1.54, 1.807) is 7.11 Å². The number of hydrogen-bond acceptors (Lipinski definition) is 4. The Hall–Kier alpha value is -2.75. The smallest absolute Gasteiger partial charge is 0.123 e. The lowest BCUT2D eigenvalue weighted by Crippen LogP contribution is -2.18. The van der Waals surface area contributed by atoms with Crippen LogP contribution in [-0.4, -0.2) is 25.2 Å². The average Bonchev–Trinajstić information content (AvgIpc) is 3.20. The van der Waals surface area contributed by atoms with Crippen LogP contribution in [-0.2, 0) is 6.54 Å². The molecule has 1 fully saturated rings. The maximum Gasteiger partial charge on any atom is 0.123 e. The molecule has 0 radical (unpaired) electrons. The van der Waals surface area contributed by atoms with Gasteiger partial charge in [-0.05, 0) is 50.1 Å². The Morgan fingerprint density at radius 1 is 1.08 bits per heavy atom. The van der Waals surface area contributed by atoms with Crippen LogP contribution in [0.2, 0.25) is 0 Å². The number of pyridine rings is 1. The Bertz CT molecular complexity index is 916. The number of nitrogens with zero attached hydrogens (tertiary/aromatic N) is 2. The highest BCUT2D eigenvalue weighted by atomic mass is 16.5. The molecule has 134 valence electrons. The van der Waals surface area contributed by atoms with Crippen LogP contribution in [0.3, 0.4) is 0 Å². The summed E-state index contributed by atoms with van der Waals surface area (Å²) in [4.78, 5) is 7.25. The first kappa shape index (κ1) is 16.7. The highest BCUT2D eigenvalue weighted by molar-refractivity contribution is 5.94. The van der Waals surface area contributed by atoms with Gasteiger partial charge in [-0.15, -0.1) is 0 Å². The number of fused-ring (bicyclic) bond motifs is 1. The van der Waals surface area contributed by atoms with Crippen molar-refractivity contribution in [3.05, 3.63) is 59.8 Å². The Morgan fingerprint density at radius 2 is 1.88 bits per heavy atom. The summed E-state index contributed by atoms with van der Waals surface area (Å²) in [7, 11) is 1.71. The molecule has 0 atom stereocenters. The molecule has 4 rings (SSSR count). The van der Waals surface area contributed by atoms with Crippen LogP contribution in [0.25, 0.3) is 10.9 Å². The van der Waals surface area contributed by atoms with Crippen LogP contribution < -0.4 is 15.0 Å². The zero-order valence-corrected chi connectivity index (χ0v) is 15.5. The number of hydrogen-bond donors (Lipinski definition) is 1. The van der Waals surface area contributed by atoms with Gasteiger partial charge in [-0.3, -0.25) is 4.98 Å². The van der Waals surface area contributed by atoms with Crippen molar-refractivity contribution in [1.29, 1.82) is 0 Å². The van der Waals surface area contributed by atoms with E-state index in [0.29, 0.717) is 0 Å². The predicted octanol–water partition coefficient (Wildman–Crippen LogP) is 4.76. The van der Waals surface area contributed by atoms with Crippen molar-refractivity contribution < 1.29 is 4.74 Å². The average molecular weight is 347 g/mol. The molecule has 1 aromatic heterocycles. The minimum atomic E-state index is 0.723. The van der Waals surface area contributed by atoms with Crippen molar-refractivity contribution >= 4 is 22.3 Å². The second-order valence-corrected chi connectivity index (χ2v) is 6.87. The molecule has 0 saturated carbocycles. The molecule has 1 aliphatic heterocycles. The van der Waals surface area contributed by atoms with Crippen molar-refractivity contribution in [2.24, 2.45) is 0 Å². The van der Waals surface area contributed by atoms with Crippen molar-refractivity contribution in [2.45, 2.75) is 26.3 Å². The molecule has 0 spiro atoms. The van der Waals surface area contributed by atoms with Gasteiger partial charge >= 0.3 is 0 Å². The Balaban J connectivity index is 1.61. The molecule has 0 amide bonds. The van der Waals surface area contributed by atoms with Crippen LogP contribution >= 0.6 is 0 Å². The number of ether oxygens (including phenoxy) is 1. The minimum absolute atomic E-state index is 0.723. The van der Waals surface area contributed by atoms with Crippen molar-refractivity contribution in [1.82, 2.24) is 4.98 Å². The van der Waals surface area contributed by atoms with E-state index >= 15 is 0 Å². The molecule has 1 N–H and O–H groups in total. The van der Waals surface area contributed by atoms with Gasteiger partial charge in [0.2, 0.25) is 0 Å². The number of para-hydroxylation sites is 1. The fraction of sp³-hybridized carbons (Fsp3) is 0.318. The summed E-state index contributed by atoms with van der Waals surface area (Å²) in [6.45, 7) is 5.09. The summed E-state index contributed by atoms with van der Waals surface area (Å²) in [5, 5.41) is 4.74. The fourth-order valence-corrected chi connectivity index (χ4v) is 3.71. The minimum Gasteiger partial charge on any atom is -0.496 e. The Labute approximate surface area is 154 Å². The zero-order chi connectivity index (χ0) is 17.9. The second kappa shape index (κ2) is 7.24. The molecule has 0 bridgehead atoms. The Kier molecular flexibility index (Phi) is 4.65. The maximum atomic E-state index is 5.43. The second-order valence-electron chi connectivity index (χ2n) is 6.87. The van der Waals surface area contributed by atoms with Gasteiger partial charge in [0.1, 0.15) is 5.75 Å². The molecule has 26 heavy (non-hydrogen) atoms. The zero-order valence-electron chi connectivity index (χ0n) is 15.5. The third-order valence-corrected chi connectivity index (χ3v) is 5.04. The number of aryl methyl sites for hydroxylation is 1. The van der Waals surface area contributed by atoms with E-state index in [9.17, 15) is 0 Å². The molecular weight excluding hydrogens is 322 g/mol. The lowest BCUT2D eigenvalue weighted by atomic mass is 10.1. The highest BCUT2D eigenvalue weighted by Gasteiger charge is 2.16. The summed E-state index contributed by atoms with van der Waals surface area (Å²) in [5.41, 5.74) is 5.67. The van der Waals surface area contributed by atoms with E-state index in [0.717, 1.165) is 47.8 Å². The molecule has 2 heterocycles. The van der Waals surface area contributed by atoms with Crippen LogP contribution in [0.4, 0.5) is 11.4 Å². The van der Waals surface area contributed by atoms with E-state index in [2.05, 4.69) is 47.5 Å². The lowest BCUT2D eigenvalue weighted by molar-refractivity contribution is 0.410. The molecular formula is C22H25N3O. The van der Waals surface area contributed by atoms with Crippen LogP contribution in [0.15, 0.2) is 48.5 Å². The third kappa shape index (κ3) is 3.32. The predicted molar refractivity (Wildman–Crippen MR) is 108 cm³/mol. The number of anilines is 2. The van der Waals surface area contributed by atoms with Crippen molar-refractivity contribution in [3.8, 4) is 5.75 Å². The molecule has 4 heteroatoms. The first-order valence-corrected chi connectivity index (χ1v) is 9.27. The summed E-state index contributed by atoms with van der Waals surface area (Å²) >= 11 is 0.